The number of piperidine rings is 2. The molecular formula is C28H42N4O7. The number of rotatable bonds is 8. The minimum atomic E-state index is -2.05. The van der Waals surface area contributed by atoms with Crippen LogP contribution in [0.5, 0.6) is 0 Å². The Kier molecular flexibility index (Phi) is 8.26. The molecule has 11 nitrogen and oxygen atoms in total. The van der Waals surface area contributed by atoms with E-state index in [0.29, 0.717) is 25.7 Å². The van der Waals surface area contributed by atoms with Gasteiger partial charge in [-0.25, -0.2) is 14.4 Å². The second-order valence-corrected chi connectivity index (χ2v) is 13.8. The van der Waals surface area contributed by atoms with Crippen LogP contribution >= 0.6 is 0 Å². The van der Waals surface area contributed by atoms with Crippen molar-refractivity contribution < 1.29 is 33.4 Å². The van der Waals surface area contributed by atoms with E-state index in [9.17, 15) is 24.0 Å². The standard InChI is InChI=1S/C28H42N4O7/c1-24(2)9-17(10-25(3,4)31-24)38-19(15-33)13-28(21(35)29-23(37)30-22(28)36)14-20(16-34)39-18-11-26(5,6)32-27(7,8)12-18/h17-18,31-32H,9-14H2,1-8H3,(H2,29,30,35,36,37). The van der Waals surface area contributed by atoms with Crippen molar-refractivity contribution in [3.63, 3.8) is 0 Å². The first-order valence-corrected chi connectivity index (χ1v) is 13.4. The average Bonchev–Trinajstić information content (AvgIpc) is 2.71. The van der Waals surface area contributed by atoms with Crippen molar-refractivity contribution in [3.8, 4) is 0 Å². The van der Waals surface area contributed by atoms with E-state index >= 15 is 0 Å². The molecule has 3 rings (SSSR count). The summed E-state index contributed by atoms with van der Waals surface area (Å²) in [5.41, 5.74) is -3.21. The highest BCUT2D eigenvalue weighted by Gasteiger charge is 2.53. The zero-order valence-electron chi connectivity index (χ0n) is 24.3. The van der Waals surface area contributed by atoms with Crippen LogP contribution in [0.3, 0.4) is 0 Å². The second kappa shape index (κ2) is 10.5. The highest BCUT2D eigenvalue weighted by molar-refractivity contribution is 6.19. The summed E-state index contributed by atoms with van der Waals surface area (Å²) in [4.78, 5) is 62.5. The molecule has 11 heteroatoms. The van der Waals surface area contributed by atoms with Crippen LogP contribution in [0.25, 0.3) is 0 Å². The van der Waals surface area contributed by atoms with Gasteiger partial charge in [-0.1, -0.05) is 0 Å². The van der Waals surface area contributed by atoms with Crippen LogP contribution in [0.15, 0.2) is 11.5 Å². The predicted octanol–water partition coefficient (Wildman–Crippen LogP) is 2.20. The van der Waals surface area contributed by atoms with Gasteiger partial charge in [-0.2, -0.15) is 0 Å². The molecule has 4 amide bonds. The molecule has 216 valence electrons. The third kappa shape index (κ3) is 7.57. The number of carbonyl (C=O) groups excluding carboxylic acids is 5. The first kappa shape index (κ1) is 30.6. The monoisotopic (exact) mass is 546 g/mol. The van der Waals surface area contributed by atoms with Crippen LogP contribution in [0.4, 0.5) is 4.79 Å². The molecule has 0 aliphatic carbocycles. The van der Waals surface area contributed by atoms with Gasteiger partial charge in [0.15, 0.2) is 23.4 Å². The fraction of sp³-hybridized carbons (Fsp3) is 0.750. The molecule has 0 unspecified atom stereocenters. The van der Waals surface area contributed by atoms with E-state index in [1.54, 1.807) is 11.9 Å². The number of hydrogen-bond donors (Lipinski definition) is 4. The second-order valence-electron chi connectivity index (χ2n) is 13.8. The van der Waals surface area contributed by atoms with Gasteiger partial charge in [-0.05, 0) is 55.4 Å². The normalized spacial score (nSPS) is 25.4. The van der Waals surface area contributed by atoms with Crippen molar-refractivity contribution in [2.75, 3.05) is 0 Å². The van der Waals surface area contributed by atoms with Crippen molar-refractivity contribution in [3.05, 3.63) is 11.5 Å². The quantitative estimate of drug-likeness (QED) is 0.204. The van der Waals surface area contributed by atoms with Gasteiger partial charge in [-0.15, -0.1) is 0 Å². The number of ether oxygens (including phenoxy) is 2. The van der Waals surface area contributed by atoms with Crippen molar-refractivity contribution in [1.29, 1.82) is 0 Å². The highest BCUT2D eigenvalue weighted by Crippen LogP contribution is 2.39. The zero-order chi connectivity index (χ0) is 29.4. The summed E-state index contributed by atoms with van der Waals surface area (Å²) in [5.74, 6) is 1.08. The number of nitrogens with one attached hydrogen (secondary N) is 4. The van der Waals surface area contributed by atoms with Crippen LogP contribution in [-0.4, -0.2) is 64.1 Å². The van der Waals surface area contributed by atoms with E-state index < -0.39 is 48.3 Å². The third-order valence-corrected chi connectivity index (χ3v) is 7.40. The lowest BCUT2D eigenvalue weighted by Gasteiger charge is -2.46. The lowest BCUT2D eigenvalue weighted by Crippen LogP contribution is -2.63. The highest BCUT2D eigenvalue weighted by atomic mass is 16.5. The maximum absolute atomic E-state index is 13.2. The fourth-order valence-electron chi connectivity index (χ4n) is 6.74. The average molecular weight is 547 g/mol. The Labute approximate surface area is 229 Å². The molecule has 3 aliphatic rings. The first-order chi connectivity index (χ1) is 17.8. The molecule has 0 aromatic carbocycles. The molecule has 0 spiro atoms. The molecule has 0 atom stereocenters. The number of hydrogen-bond acceptors (Lipinski definition) is 9. The Hall–Kier alpha value is -2.97. The van der Waals surface area contributed by atoms with Crippen LogP contribution in [0.2, 0.25) is 0 Å². The van der Waals surface area contributed by atoms with Crippen molar-refractivity contribution >= 4 is 29.7 Å². The van der Waals surface area contributed by atoms with Crippen LogP contribution in [0, 0.1) is 5.41 Å². The Morgan fingerprint density at radius 3 is 1.26 bits per heavy atom. The Bertz CT molecular complexity index is 1010. The molecule has 0 saturated carbocycles. The molecule has 0 radical (unpaired) electrons. The van der Waals surface area contributed by atoms with E-state index in [1.807, 2.05) is 55.4 Å². The maximum atomic E-state index is 13.2. The fourth-order valence-corrected chi connectivity index (χ4v) is 6.74. The van der Waals surface area contributed by atoms with Crippen LogP contribution in [0.1, 0.15) is 93.9 Å². The SMILES string of the molecule is CC1(C)CC(OC(=C=O)CC2(CC(=C=O)OC3CC(C)(C)NC(C)(C)C3)C(=O)NC(=O)NC2=O)CC(C)(C)N1. The van der Waals surface area contributed by atoms with Gasteiger partial charge in [-0.3, -0.25) is 20.2 Å². The zero-order valence-corrected chi connectivity index (χ0v) is 24.3. The Balaban J connectivity index is 1.87. The van der Waals surface area contributed by atoms with E-state index in [2.05, 4.69) is 21.3 Å². The first-order valence-electron chi connectivity index (χ1n) is 13.4. The van der Waals surface area contributed by atoms with Crippen LogP contribution < -0.4 is 21.3 Å². The smallest absolute Gasteiger partial charge is 0.328 e. The minimum absolute atomic E-state index is 0.248. The summed E-state index contributed by atoms with van der Waals surface area (Å²) in [5, 5.41) is 11.2. The summed E-state index contributed by atoms with van der Waals surface area (Å²) in [6, 6.07) is -0.987. The summed E-state index contributed by atoms with van der Waals surface area (Å²) in [6.45, 7) is 16.2. The lowest BCUT2D eigenvalue weighted by molar-refractivity contribution is -0.146. The third-order valence-electron chi connectivity index (χ3n) is 7.40. The van der Waals surface area contributed by atoms with Crippen LogP contribution in [-0.2, 0) is 28.7 Å². The van der Waals surface area contributed by atoms with E-state index in [1.165, 1.54) is 0 Å². The summed E-state index contributed by atoms with van der Waals surface area (Å²) in [6.07, 6.45) is 0.457. The maximum Gasteiger partial charge on any atom is 0.328 e. The number of allylic oxidation sites excluding steroid dienone is 2. The van der Waals surface area contributed by atoms with Crippen molar-refractivity contribution in [2.45, 2.75) is 128 Å². The molecule has 4 N–H and O–H groups in total. The van der Waals surface area contributed by atoms with Crippen molar-refractivity contribution in [1.82, 2.24) is 21.3 Å². The summed E-state index contributed by atoms with van der Waals surface area (Å²) < 4.78 is 12.1. The van der Waals surface area contributed by atoms with Gasteiger partial charge in [0, 0.05) is 60.7 Å². The molecule has 3 aliphatic heterocycles. The largest absolute Gasteiger partial charge is 0.483 e. The predicted molar refractivity (Wildman–Crippen MR) is 143 cm³/mol. The molecule has 3 fully saturated rings. The minimum Gasteiger partial charge on any atom is -0.483 e. The summed E-state index contributed by atoms with van der Waals surface area (Å²) in [7, 11) is 0. The van der Waals surface area contributed by atoms with Gasteiger partial charge in [0.05, 0.1) is 0 Å². The van der Waals surface area contributed by atoms with Gasteiger partial charge in [0.2, 0.25) is 11.8 Å². The molecule has 0 aromatic heterocycles. The van der Waals surface area contributed by atoms with Gasteiger partial charge in [0.1, 0.15) is 17.6 Å². The van der Waals surface area contributed by atoms with Crippen molar-refractivity contribution in [2.24, 2.45) is 5.41 Å². The summed E-state index contributed by atoms with van der Waals surface area (Å²) >= 11 is 0. The topological polar surface area (TPSA) is 152 Å². The van der Waals surface area contributed by atoms with Gasteiger partial charge < -0.3 is 20.1 Å². The molecule has 3 saturated heterocycles. The van der Waals surface area contributed by atoms with Gasteiger partial charge >= 0.3 is 6.03 Å². The molecule has 39 heavy (non-hydrogen) atoms. The van der Waals surface area contributed by atoms with E-state index in [-0.39, 0.29) is 33.7 Å². The lowest BCUT2D eigenvalue weighted by atomic mass is 9.76. The molecular weight excluding hydrogens is 504 g/mol. The molecule has 3 heterocycles. The number of amides is 4. The van der Waals surface area contributed by atoms with E-state index in [0.717, 1.165) is 0 Å². The van der Waals surface area contributed by atoms with E-state index in [4.69, 9.17) is 9.47 Å². The Morgan fingerprint density at radius 1 is 0.667 bits per heavy atom. The number of barbiturate groups is 1. The molecule has 0 bridgehead atoms. The number of urea groups is 1. The molecule has 0 aromatic rings. The number of imide groups is 2. The Morgan fingerprint density at radius 2 is 0.974 bits per heavy atom. The van der Waals surface area contributed by atoms with Gasteiger partial charge in [0.25, 0.3) is 0 Å². The number of carbonyl (C=O) groups is 3.